The molecule has 13 aromatic rings. The van der Waals surface area contributed by atoms with Crippen molar-refractivity contribution >= 4 is 79.0 Å². The molecule has 17 rings (SSSR count). The standard InChI is InChI=1S/C104H108BN3/c1-97(2,3)75-52-73(53-76(61-75)98(4,5)6)71-37-46-92-88(59-71)105-89-60-72(74-54-77(99(7,8)9)62-78(55-74)100(10,11)12)38-47-93(89)107(80-41-32-67(33-42-80)70-35-44-85-87(58-70)104(19,20)51-49-102(85,15)16)95-64-81(108-90-29-25-24-28-82(90)83-56-68(36-45-91(83)108)65-26-22-21-23-27-65)63-94(96(95)105)106(92)79-39-30-66(31-40-79)69-34-43-84-86(57-69)103(17,18)50-48-101(84,13)14/h21-47,52-64H,48-51H2,1-20H3. The van der Waals surface area contributed by atoms with E-state index in [1.807, 2.05) is 0 Å². The highest BCUT2D eigenvalue weighted by atomic mass is 15.2. The van der Waals surface area contributed by atoms with Gasteiger partial charge in [-0.1, -0.05) is 314 Å². The van der Waals surface area contributed by atoms with Gasteiger partial charge >= 0.3 is 0 Å². The number of nitrogens with zero attached hydrogens (tertiary/aromatic N) is 3. The minimum atomic E-state index is -0.196. The van der Waals surface area contributed by atoms with Gasteiger partial charge in [0, 0.05) is 44.9 Å². The molecule has 2 aliphatic carbocycles. The van der Waals surface area contributed by atoms with Crippen molar-refractivity contribution in [1.82, 2.24) is 4.57 Å². The summed E-state index contributed by atoms with van der Waals surface area (Å²) in [6, 6.07) is 96.0. The Morgan fingerprint density at radius 2 is 0.602 bits per heavy atom. The van der Waals surface area contributed by atoms with Gasteiger partial charge in [0.1, 0.15) is 0 Å². The zero-order chi connectivity index (χ0) is 75.9. The lowest BCUT2D eigenvalue weighted by molar-refractivity contribution is 0.332. The number of benzene rings is 12. The summed E-state index contributed by atoms with van der Waals surface area (Å²) in [5.41, 5.74) is 38.0. The van der Waals surface area contributed by atoms with Crippen LogP contribution < -0.4 is 26.2 Å². The molecule has 0 spiro atoms. The predicted molar refractivity (Wildman–Crippen MR) is 467 cm³/mol. The Hall–Kier alpha value is -9.90. The average Bonchev–Trinajstić information content (AvgIpc) is 0.879. The van der Waals surface area contributed by atoms with Crippen LogP contribution in [0.5, 0.6) is 0 Å². The average molecular weight is 1410 g/mol. The lowest BCUT2D eigenvalue weighted by Gasteiger charge is -2.45. The van der Waals surface area contributed by atoms with E-state index in [0.717, 1.165) is 28.4 Å². The molecular formula is C104H108BN3. The second kappa shape index (κ2) is 24.8. The van der Waals surface area contributed by atoms with Crippen molar-refractivity contribution in [3.8, 4) is 61.3 Å². The van der Waals surface area contributed by atoms with Crippen LogP contribution in [0.1, 0.15) is 209 Å². The van der Waals surface area contributed by atoms with Gasteiger partial charge in [0.2, 0.25) is 0 Å². The third-order valence-corrected chi connectivity index (χ3v) is 25.7. The normalized spacial score (nSPS) is 16.2. The molecule has 108 heavy (non-hydrogen) atoms. The molecule has 0 radical (unpaired) electrons. The zero-order valence-electron chi connectivity index (χ0n) is 67.8. The van der Waals surface area contributed by atoms with E-state index in [1.54, 1.807) is 0 Å². The first kappa shape index (κ1) is 71.1. The van der Waals surface area contributed by atoms with Crippen LogP contribution in [0.15, 0.2) is 243 Å². The fourth-order valence-corrected chi connectivity index (χ4v) is 18.6. The van der Waals surface area contributed by atoms with Crippen LogP contribution in [0, 0.1) is 0 Å². The maximum Gasteiger partial charge on any atom is 0.252 e. The van der Waals surface area contributed by atoms with Crippen molar-refractivity contribution < 1.29 is 0 Å². The molecule has 2 aliphatic heterocycles. The summed E-state index contributed by atoms with van der Waals surface area (Å²) in [4.78, 5) is 5.29. The van der Waals surface area contributed by atoms with Crippen LogP contribution in [-0.2, 0) is 43.3 Å². The van der Waals surface area contributed by atoms with Crippen LogP contribution in [0.25, 0.3) is 83.1 Å². The molecule has 0 unspecified atom stereocenters. The Kier molecular flexibility index (Phi) is 16.3. The number of aromatic nitrogens is 1. The number of para-hydroxylation sites is 1. The number of hydrogen-bond donors (Lipinski definition) is 0. The van der Waals surface area contributed by atoms with E-state index in [-0.39, 0.29) is 50.0 Å². The van der Waals surface area contributed by atoms with Gasteiger partial charge in [-0.2, -0.15) is 0 Å². The highest BCUT2D eigenvalue weighted by molar-refractivity contribution is 7.00. The third-order valence-electron chi connectivity index (χ3n) is 25.7. The van der Waals surface area contributed by atoms with Crippen molar-refractivity contribution in [3.05, 3.63) is 287 Å². The SMILES string of the molecule is CC(C)(C)c1cc(-c2ccc3c(c2)B2c4cc(-c5cc(C(C)(C)C)cc(C(C)(C)C)c5)ccc4N(c4ccc(-c5ccc6c(c5)C(C)(C)CCC6(C)C)cc4)c4cc(-n5c6ccccc6c6cc(-c7ccccc7)ccc65)cc(c42)N3c2ccc(-c3ccc4c(c3)C(C)(C)CCC4(C)C)cc2)cc(C(C)(C)C)c1. The van der Waals surface area contributed by atoms with Crippen molar-refractivity contribution in [2.75, 3.05) is 9.80 Å². The van der Waals surface area contributed by atoms with Gasteiger partial charge < -0.3 is 14.4 Å². The molecule has 3 nitrogen and oxygen atoms in total. The fourth-order valence-electron chi connectivity index (χ4n) is 18.6. The largest absolute Gasteiger partial charge is 0.311 e. The van der Waals surface area contributed by atoms with Gasteiger partial charge in [-0.15, -0.1) is 0 Å². The van der Waals surface area contributed by atoms with E-state index < -0.39 is 0 Å². The fraction of sp³-hybridized carbons (Fsp3) is 0.308. The van der Waals surface area contributed by atoms with Crippen LogP contribution in [0.3, 0.4) is 0 Å². The summed E-state index contributed by atoms with van der Waals surface area (Å²) in [6.45, 7) is 47.7. The maximum atomic E-state index is 2.64. The summed E-state index contributed by atoms with van der Waals surface area (Å²) in [6.07, 6.45) is 4.71. The van der Waals surface area contributed by atoms with Crippen LogP contribution in [-0.4, -0.2) is 11.3 Å². The molecule has 0 N–H and O–H groups in total. The molecule has 4 aliphatic rings. The highest BCUT2D eigenvalue weighted by Gasteiger charge is 2.46. The Bertz CT molecular complexity index is 5440. The number of fused-ring (bicyclic) bond motifs is 9. The van der Waals surface area contributed by atoms with Gasteiger partial charge in [0.05, 0.1) is 16.7 Å². The van der Waals surface area contributed by atoms with E-state index in [4.69, 9.17) is 0 Å². The first-order valence-electron chi connectivity index (χ1n) is 40.0. The molecule has 12 aromatic carbocycles. The predicted octanol–water partition coefficient (Wildman–Crippen LogP) is 27.1. The van der Waals surface area contributed by atoms with E-state index in [0.29, 0.717) is 0 Å². The minimum absolute atomic E-state index is 0.0721. The lowest BCUT2D eigenvalue weighted by atomic mass is 9.33. The van der Waals surface area contributed by atoms with Crippen LogP contribution in [0.4, 0.5) is 34.1 Å². The molecule has 542 valence electrons. The molecule has 0 saturated heterocycles. The van der Waals surface area contributed by atoms with E-state index >= 15 is 0 Å². The Labute approximate surface area is 645 Å². The maximum absolute atomic E-state index is 2.64. The van der Waals surface area contributed by atoms with Gasteiger partial charge in [0.15, 0.2) is 0 Å². The van der Waals surface area contributed by atoms with Crippen molar-refractivity contribution in [2.45, 2.75) is 207 Å². The van der Waals surface area contributed by atoms with E-state index in [9.17, 15) is 0 Å². The molecule has 3 heterocycles. The third kappa shape index (κ3) is 12.1. The topological polar surface area (TPSA) is 11.4 Å². The summed E-state index contributed by atoms with van der Waals surface area (Å²) < 4.78 is 2.56. The summed E-state index contributed by atoms with van der Waals surface area (Å²) in [7, 11) is 0. The first-order chi connectivity index (χ1) is 51.0. The Balaban J connectivity index is 0.964. The second-order valence-corrected chi connectivity index (χ2v) is 39.2. The monoisotopic (exact) mass is 1410 g/mol. The molecule has 0 fully saturated rings. The molecule has 0 bridgehead atoms. The zero-order valence-corrected chi connectivity index (χ0v) is 67.8. The first-order valence-corrected chi connectivity index (χ1v) is 40.0. The molecule has 4 heteroatoms. The van der Waals surface area contributed by atoms with Gasteiger partial charge in [-0.25, -0.2) is 0 Å². The summed E-state index contributed by atoms with van der Waals surface area (Å²) in [5.74, 6) is 0. The van der Waals surface area contributed by atoms with Crippen molar-refractivity contribution in [1.29, 1.82) is 0 Å². The Morgan fingerprint density at radius 1 is 0.259 bits per heavy atom. The minimum Gasteiger partial charge on any atom is -0.311 e. The lowest BCUT2D eigenvalue weighted by Crippen LogP contribution is -2.61. The molecule has 0 saturated carbocycles. The van der Waals surface area contributed by atoms with Gasteiger partial charge in [-0.3, -0.25) is 0 Å². The van der Waals surface area contributed by atoms with E-state index in [2.05, 4.69) is 395 Å². The summed E-state index contributed by atoms with van der Waals surface area (Å²) >= 11 is 0. The molecular weight excluding hydrogens is 1300 g/mol. The quantitative estimate of drug-likeness (QED) is 0.141. The van der Waals surface area contributed by atoms with Gasteiger partial charge in [-0.05, 0) is 252 Å². The molecule has 0 amide bonds. The highest BCUT2D eigenvalue weighted by Crippen LogP contribution is 2.53. The number of anilines is 6. The smallest absolute Gasteiger partial charge is 0.252 e. The number of rotatable bonds is 8. The second-order valence-electron chi connectivity index (χ2n) is 39.2. The van der Waals surface area contributed by atoms with Crippen LogP contribution in [0.2, 0.25) is 0 Å². The molecule has 0 atom stereocenters. The van der Waals surface area contributed by atoms with Crippen LogP contribution >= 0.6 is 0 Å². The van der Waals surface area contributed by atoms with E-state index in [1.165, 1.54) is 175 Å². The van der Waals surface area contributed by atoms with Gasteiger partial charge in [0.25, 0.3) is 6.71 Å². The van der Waals surface area contributed by atoms with Crippen molar-refractivity contribution in [2.24, 2.45) is 0 Å². The molecule has 1 aromatic heterocycles. The Morgan fingerprint density at radius 3 is 1.03 bits per heavy atom. The van der Waals surface area contributed by atoms with Crippen molar-refractivity contribution in [3.63, 3.8) is 0 Å². The number of hydrogen-bond acceptors (Lipinski definition) is 2. The summed E-state index contributed by atoms with van der Waals surface area (Å²) in [5, 5.41) is 2.45.